The van der Waals surface area contributed by atoms with Crippen LogP contribution in [0.4, 0.5) is 5.69 Å². The largest absolute Gasteiger partial charge is 0.492 e. The van der Waals surface area contributed by atoms with Gasteiger partial charge < -0.3 is 14.8 Å². The normalized spacial score (nSPS) is 11.0. The zero-order valence-corrected chi connectivity index (χ0v) is 19.5. The average Bonchev–Trinajstić information content (AvgIpc) is 2.79. The first-order chi connectivity index (χ1) is 15.8. The monoisotopic (exact) mass is 468 g/mol. The molecule has 0 bridgehead atoms. The quantitative estimate of drug-likeness (QED) is 0.435. The SMILES string of the molecule is Cc1cccc(OCCNC(=O)CN(c2ccc(OCc3ccccc3)cc2)S(C)(=O)=O)c1. The van der Waals surface area contributed by atoms with Crippen LogP contribution in [0.3, 0.4) is 0 Å². The molecule has 0 unspecified atom stereocenters. The van der Waals surface area contributed by atoms with Gasteiger partial charge in [-0.05, 0) is 54.4 Å². The number of anilines is 1. The van der Waals surface area contributed by atoms with Crippen LogP contribution in [-0.2, 0) is 21.4 Å². The lowest BCUT2D eigenvalue weighted by atomic mass is 10.2. The molecule has 174 valence electrons. The third kappa shape index (κ3) is 7.84. The van der Waals surface area contributed by atoms with Crippen molar-refractivity contribution in [3.63, 3.8) is 0 Å². The zero-order chi connectivity index (χ0) is 23.7. The van der Waals surface area contributed by atoms with Gasteiger partial charge in [-0.1, -0.05) is 42.5 Å². The van der Waals surface area contributed by atoms with Crippen molar-refractivity contribution in [2.24, 2.45) is 0 Å². The summed E-state index contributed by atoms with van der Waals surface area (Å²) in [6, 6.07) is 24.0. The van der Waals surface area contributed by atoms with Crippen LogP contribution in [0, 0.1) is 6.92 Å². The van der Waals surface area contributed by atoms with Gasteiger partial charge in [-0.25, -0.2) is 8.42 Å². The molecule has 3 aromatic rings. The number of carbonyl (C=O) groups is 1. The van der Waals surface area contributed by atoms with E-state index in [0.717, 1.165) is 27.4 Å². The van der Waals surface area contributed by atoms with E-state index in [9.17, 15) is 13.2 Å². The number of aryl methyl sites for hydroxylation is 1. The Labute approximate surface area is 195 Å². The summed E-state index contributed by atoms with van der Waals surface area (Å²) < 4.78 is 37.0. The van der Waals surface area contributed by atoms with E-state index in [4.69, 9.17) is 9.47 Å². The summed E-state index contributed by atoms with van der Waals surface area (Å²) in [5.41, 5.74) is 2.50. The van der Waals surface area contributed by atoms with Crippen LogP contribution in [-0.4, -0.2) is 40.3 Å². The fraction of sp³-hybridized carbons (Fsp3) is 0.240. The minimum Gasteiger partial charge on any atom is -0.492 e. The fourth-order valence-electron chi connectivity index (χ4n) is 3.10. The van der Waals surface area contributed by atoms with E-state index in [1.165, 1.54) is 0 Å². The van der Waals surface area contributed by atoms with E-state index in [-0.39, 0.29) is 19.7 Å². The predicted molar refractivity (Wildman–Crippen MR) is 129 cm³/mol. The maximum Gasteiger partial charge on any atom is 0.240 e. The van der Waals surface area contributed by atoms with Gasteiger partial charge in [0.25, 0.3) is 0 Å². The first-order valence-corrected chi connectivity index (χ1v) is 12.4. The van der Waals surface area contributed by atoms with Crippen LogP contribution in [0.2, 0.25) is 0 Å². The number of rotatable bonds is 11. The molecule has 0 aliphatic rings. The second-order valence-corrected chi connectivity index (χ2v) is 9.46. The Hall–Kier alpha value is -3.52. The van der Waals surface area contributed by atoms with Crippen molar-refractivity contribution in [2.75, 3.05) is 30.3 Å². The first-order valence-electron chi connectivity index (χ1n) is 10.5. The Morgan fingerprint density at radius 1 is 0.909 bits per heavy atom. The lowest BCUT2D eigenvalue weighted by molar-refractivity contribution is -0.119. The first kappa shape index (κ1) is 24.1. The molecule has 1 amide bonds. The van der Waals surface area contributed by atoms with E-state index >= 15 is 0 Å². The average molecular weight is 469 g/mol. The molecule has 0 atom stereocenters. The zero-order valence-electron chi connectivity index (χ0n) is 18.7. The van der Waals surface area contributed by atoms with Crippen LogP contribution in [0.15, 0.2) is 78.9 Å². The van der Waals surface area contributed by atoms with Gasteiger partial charge in [0, 0.05) is 0 Å². The fourth-order valence-corrected chi connectivity index (χ4v) is 3.96. The topological polar surface area (TPSA) is 84.9 Å². The van der Waals surface area contributed by atoms with Crippen molar-refractivity contribution >= 4 is 21.6 Å². The van der Waals surface area contributed by atoms with Crippen LogP contribution in [0.25, 0.3) is 0 Å². The van der Waals surface area contributed by atoms with Crippen molar-refractivity contribution in [2.45, 2.75) is 13.5 Å². The Kier molecular flexibility index (Phi) is 8.32. The minimum absolute atomic E-state index is 0.261. The third-order valence-electron chi connectivity index (χ3n) is 4.74. The van der Waals surface area contributed by atoms with E-state index in [2.05, 4.69) is 5.32 Å². The molecule has 0 aliphatic carbocycles. The third-order valence-corrected chi connectivity index (χ3v) is 5.88. The second kappa shape index (κ2) is 11.4. The molecule has 0 saturated heterocycles. The standard InChI is InChI=1S/C25H28N2O5S/c1-20-7-6-10-24(17-20)31-16-15-26-25(28)18-27(33(2,29)30)22-11-13-23(14-12-22)32-19-21-8-4-3-5-9-21/h3-14,17H,15-16,18-19H2,1-2H3,(H,26,28). The van der Waals surface area contributed by atoms with Crippen LogP contribution < -0.4 is 19.1 Å². The molecule has 0 saturated carbocycles. The maximum atomic E-state index is 12.4. The van der Waals surface area contributed by atoms with Crippen LogP contribution in [0.5, 0.6) is 11.5 Å². The lowest BCUT2D eigenvalue weighted by Gasteiger charge is -2.22. The number of hydrogen-bond acceptors (Lipinski definition) is 5. The number of amides is 1. The summed E-state index contributed by atoms with van der Waals surface area (Å²) in [7, 11) is -3.66. The number of nitrogens with zero attached hydrogens (tertiary/aromatic N) is 1. The minimum atomic E-state index is -3.66. The molecule has 8 heteroatoms. The molecule has 3 rings (SSSR count). The Morgan fingerprint density at radius 3 is 2.30 bits per heavy atom. The van der Waals surface area contributed by atoms with E-state index in [1.54, 1.807) is 24.3 Å². The number of benzene rings is 3. The number of ether oxygens (including phenoxy) is 2. The van der Waals surface area contributed by atoms with Gasteiger partial charge in [0.15, 0.2) is 0 Å². The summed E-state index contributed by atoms with van der Waals surface area (Å²) in [4.78, 5) is 12.4. The Bertz CT molecular complexity index is 1150. The van der Waals surface area contributed by atoms with Gasteiger partial charge in [-0.15, -0.1) is 0 Å². The van der Waals surface area contributed by atoms with E-state index in [0.29, 0.717) is 18.0 Å². The van der Waals surface area contributed by atoms with Gasteiger partial charge in [-0.3, -0.25) is 9.10 Å². The van der Waals surface area contributed by atoms with Gasteiger partial charge in [0.05, 0.1) is 18.5 Å². The Balaban J connectivity index is 1.52. The molecular weight excluding hydrogens is 440 g/mol. The Morgan fingerprint density at radius 2 is 1.64 bits per heavy atom. The molecule has 3 aromatic carbocycles. The highest BCUT2D eigenvalue weighted by Gasteiger charge is 2.20. The summed E-state index contributed by atoms with van der Waals surface area (Å²) in [5, 5.41) is 2.69. The highest BCUT2D eigenvalue weighted by Crippen LogP contribution is 2.22. The van der Waals surface area contributed by atoms with Crippen molar-refractivity contribution in [1.29, 1.82) is 0 Å². The molecule has 0 aromatic heterocycles. The summed E-state index contributed by atoms with van der Waals surface area (Å²) >= 11 is 0. The van der Waals surface area contributed by atoms with Crippen molar-refractivity contribution < 1.29 is 22.7 Å². The molecule has 33 heavy (non-hydrogen) atoms. The summed E-state index contributed by atoms with van der Waals surface area (Å²) in [6.45, 7) is 2.59. The molecule has 0 heterocycles. The molecule has 0 fully saturated rings. The van der Waals surface area contributed by atoms with Gasteiger partial charge in [0.1, 0.15) is 31.3 Å². The second-order valence-electron chi connectivity index (χ2n) is 7.55. The van der Waals surface area contributed by atoms with Crippen LogP contribution in [0.1, 0.15) is 11.1 Å². The summed E-state index contributed by atoms with van der Waals surface area (Å²) in [5.74, 6) is 0.906. The predicted octanol–water partition coefficient (Wildman–Crippen LogP) is 3.54. The molecule has 0 spiro atoms. The van der Waals surface area contributed by atoms with Crippen molar-refractivity contribution in [3.8, 4) is 11.5 Å². The van der Waals surface area contributed by atoms with E-state index in [1.807, 2.05) is 61.5 Å². The number of nitrogens with one attached hydrogen (secondary N) is 1. The smallest absolute Gasteiger partial charge is 0.240 e. The molecule has 7 nitrogen and oxygen atoms in total. The maximum absolute atomic E-state index is 12.4. The highest BCUT2D eigenvalue weighted by atomic mass is 32.2. The molecule has 0 radical (unpaired) electrons. The number of hydrogen-bond donors (Lipinski definition) is 1. The van der Waals surface area contributed by atoms with Gasteiger partial charge in [-0.2, -0.15) is 0 Å². The number of sulfonamides is 1. The highest BCUT2D eigenvalue weighted by molar-refractivity contribution is 7.92. The molecular formula is C25H28N2O5S. The van der Waals surface area contributed by atoms with Gasteiger partial charge in [0.2, 0.25) is 15.9 Å². The van der Waals surface area contributed by atoms with Crippen molar-refractivity contribution in [3.05, 3.63) is 90.0 Å². The number of carbonyl (C=O) groups excluding carboxylic acids is 1. The van der Waals surface area contributed by atoms with E-state index < -0.39 is 15.9 Å². The molecule has 1 N–H and O–H groups in total. The summed E-state index contributed by atoms with van der Waals surface area (Å²) in [6.07, 6.45) is 1.07. The molecule has 0 aliphatic heterocycles. The lowest BCUT2D eigenvalue weighted by Crippen LogP contribution is -2.41. The van der Waals surface area contributed by atoms with Gasteiger partial charge >= 0.3 is 0 Å². The van der Waals surface area contributed by atoms with Crippen molar-refractivity contribution in [1.82, 2.24) is 5.32 Å². The van der Waals surface area contributed by atoms with Crippen LogP contribution >= 0.6 is 0 Å².